The highest BCUT2D eigenvalue weighted by Gasteiger charge is 2.24. The number of hydrogen-bond donors (Lipinski definition) is 3. The third-order valence-electron chi connectivity index (χ3n) is 3.07. The molecule has 0 spiro atoms. The van der Waals surface area contributed by atoms with Gasteiger partial charge in [-0.3, -0.25) is 5.10 Å². The average Bonchev–Trinajstić information content (AvgIpc) is 2.91. The predicted octanol–water partition coefficient (Wildman–Crippen LogP) is 0.294. The van der Waals surface area contributed by atoms with E-state index in [-0.39, 0.29) is 17.1 Å². The highest BCUT2D eigenvalue weighted by Crippen LogP contribution is 2.17. The fraction of sp³-hybridized carbons (Fsp3) is 0.455. The van der Waals surface area contributed by atoms with Gasteiger partial charge in [0.05, 0.1) is 12.3 Å². The van der Waals surface area contributed by atoms with Crippen LogP contribution in [0.1, 0.15) is 28.3 Å². The summed E-state index contributed by atoms with van der Waals surface area (Å²) in [6.45, 7) is 4.75. The SMILES string of the molecule is Cc1noc(C)c1CNS(=O)(=O)c1n[nH]c(C)c1CO. The van der Waals surface area contributed by atoms with Crippen LogP contribution >= 0.6 is 0 Å². The van der Waals surface area contributed by atoms with E-state index in [1.165, 1.54) is 0 Å². The molecule has 0 unspecified atom stereocenters. The molecule has 3 N–H and O–H groups in total. The zero-order valence-electron chi connectivity index (χ0n) is 11.4. The molecule has 110 valence electrons. The van der Waals surface area contributed by atoms with Crippen LogP contribution in [0.5, 0.6) is 0 Å². The van der Waals surface area contributed by atoms with Crippen LogP contribution in [0.4, 0.5) is 0 Å². The van der Waals surface area contributed by atoms with E-state index >= 15 is 0 Å². The van der Waals surface area contributed by atoms with E-state index in [0.717, 1.165) is 0 Å². The molecule has 2 aromatic rings. The number of nitrogens with zero attached hydrogens (tertiary/aromatic N) is 2. The normalized spacial score (nSPS) is 12.0. The van der Waals surface area contributed by atoms with Gasteiger partial charge in [-0.25, -0.2) is 13.1 Å². The van der Waals surface area contributed by atoms with Crippen molar-refractivity contribution in [3.8, 4) is 0 Å². The second-order valence-electron chi connectivity index (χ2n) is 4.42. The molecule has 0 bridgehead atoms. The molecular formula is C11H16N4O4S. The van der Waals surface area contributed by atoms with Gasteiger partial charge in [-0.1, -0.05) is 5.16 Å². The predicted molar refractivity (Wildman–Crippen MR) is 69.3 cm³/mol. The molecule has 0 radical (unpaired) electrons. The van der Waals surface area contributed by atoms with Gasteiger partial charge in [0.1, 0.15) is 5.76 Å². The second kappa shape index (κ2) is 5.35. The Morgan fingerprint density at radius 1 is 1.30 bits per heavy atom. The van der Waals surface area contributed by atoms with Gasteiger partial charge in [0.15, 0.2) is 5.03 Å². The van der Waals surface area contributed by atoms with Crippen molar-refractivity contribution in [2.24, 2.45) is 0 Å². The molecule has 0 atom stereocenters. The van der Waals surface area contributed by atoms with Crippen molar-refractivity contribution in [1.29, 1.82) is 0 Å². The van der Waals surface area contributed by atoms with Gasteiger partial charge in [0.2, 0.25) is 0 Å². The molecule has 9 heteroatoms. The summed E-state index contributed by atoms with van der Waals surface area (Å²) < 4.78 is 31.8. The molecule has 0 saturated carbocycles. The summed E-state index contributed by atoms with van der Waals surface area (Å²) in [4.78, 5) is 0. The first-order valence-corrected chi connectivity index (χ1v) is 7.41. The number of aromatic amines is 1. The van der Waals surface area contributed by atoms with Crippen LogP contribution in [0.2, 0.25) is 0 Å². The molecular weight excluding hydrogens is 284 g/mol. The van der Waals surface area contributed by atoms with E-state index < -0.39 is 16.6 Å². The third-order valence-corrected chi connectivity index (χ3v) is 4.44. The van der Waals surface area contributed by atoms with Gasteiger partial charge in [-0.15, -0.1) is 0 Å². The van der Waals surface area contributed by atoms with Gasteiger partial charge in [-0.2, -0.15) is 5.10 Å². The second-order valence-corrected chi connectivity index (χ2v) is 6.10. The van der Waals surface area contributed by atoms with Gasteiger partial charge in [-0.05, 0) is 20.8 Å². The summed E-state index contributed by atoms with van der Waals surface area (Å²) in [6, 6.07) is 0. The van der Waals surface area contributed by atoms with Gasteiger partial charge >= 0.3 is 0 Å². The maximum Gasteiger partial charge on any atom is 0.260 e. The smallest absolute Gasteiger partial charge is 0.260 e. The van der Waals surface area contributed by atoms with Crippen LogP contribution in [0.3, 0.4) is 0 Å². The van der Waals surface area contributed by atoms with Crippen molar-refractivity contribution in [1.82, 2.24) is 20.1 Å². The molecule has 0 amide bonds. The Morgan fingerprint density at radius 2 is 2.00 bits per heavy atom. The Hall–Kier alpha value is -1.71. The minimum atomic E-state index is -3.81. The summed E-state index contributed by atoms with van der Waals surface area (Å²) in [5.74, 6) is 0.561. The summed E-state index contributed by atoms with van der Waals surface area (Å²) in [5, 5.41) is 19.1. The zero-order chi connectivity index (χ0) is 14.9. The first-order chi connectivity index (χ1) is 9.36. The third kappa shape index (κ3) is 2.60. The first-order valence-electron chi connectivity index (χ1n) is 5.93. The molecule has 20 heavy (non-hydrogen) atoms. The number of sulfonamides is 1. The number of aromatic nitrogens is 3. The van der Waals surface area contributed by atoms with E-state index in [1.807, 2.05) is 0 Å². The lowest BCUT2D eigenvalue weighted by Gasteiger charge is -2.05. The van der Waals surface area contributed by atoms with E-state index in [4.69, 9.17) is 4.52 Å². The number of hydrogen-bond acceptors (Lipinski definition) is 6. The van der Waals surface area contributed by atoms with Crippen LogP contribution in [0.25, 0.3) is 0 Å². The summed E-state index contributed by atoms with van der Waals surface area (Å²) >= 11 is 0. The largest absolute Gasteiger partial charge is 0.392 e. The van der Waals surface area contributed by atoms with Crippen LogP contribution in [-0.4, -0.2) is 28.9 Å². The number of aliphatic hydroxyl groups excluding tert-OH is 1. The fourth-order valence-electron chi connectivity index (χ4n) is 1.83. The monoisotopic (exact) mass is 300 g/mol. The molecule has 0 aliphatic carbocycles. The molecule has 2 aromatic heterocycles. The minimum absolute atomic E-state index is 0.0558. The quantitative estimate of drug-likeness (QED) is 0.730. The Balaban J connectivity index is 2.24. The van der Waals surface area contributed by atoms with Crippen molar-refractivity contribution in [3.05, 3.63) is 28.3 Å². The summed E-state index contributed by atoms with van der Waals surface area (Å²) in [5.41, 5.74) is 2.10. The van der Waals surface area contributed by atoms with Crippen molar-refractivity contribution in [3.63, 3.8) is 0 Å². The Bertz CT molecular complexity index is 697. The standard InChI is InChI=1S/C11H16N4O4S/c1-6-10(5-16)11(14-13-6)20(17,18)12-4-9-7(2)15-19-8(9)3/h12,16H,4-5H2,1-3H3,(H,13,14). The van der Waals surface area contributed by atoms with Crippen LogP contribution in [0, 0.1) is 20.8 Å². The minimum Gasteiger partial charge on any atom is -0.392 e. The molecule has 2 heterocycles. The van der Waals surface area contributed by atoms with Gasteiger partial charge < -0.3 is 9.63 Å². The number of rotatable bonds is 5. The van der Waals surface area contributed by atoms with Crippen molar-refractivity contribution >= 4 is 10.0 Å². The van der Waals surface area contributed by atoms with Crippen molar-refractivity contribution < 1.29 is 18.0 Å². The van der Waals surface area contributed by atoms with Gasteiger partial charge in [0, 0.05) is 23.4 Å². The lowest BCUT2D eigenvalue weighted by molar-refractivity contribution is 0.277. The Kier molecular flexibility index (Phi) is 3.93. The molecule has 0 fully saturated rings. The van der Waals surface area contributed by atoms with Gasteiger partial charge in [0.25, 0.3) is 10.0 Å². The molecule has 0 saturated heterocycles. The summed E-state index contributed by atoms with van der Waals surface area (Å²) in [6.07, 6.45) is 0. The van der Waals surface area contributed by atoms with Crippen molar-refractivity contribution in [2.45, 2.75) is 38.9 Å². The summed E-state index contributed by atoms with van der Waals surface area (Å²) in [7, 11) is -3.81. The van der Waals surface area contributed by atoms with Crippen LogP contribution in [0.15, 0.2) is 9.55 Å². The van der Waals surface area contributed by atoms with E-state index in [9.17, 15) is 13.5 Å². The number of nitrogens with one attached hydrogen (secondary N) is 2. The lowest BCUT2D eigenvalue weighted by Crippen LogP contribution is -2.25. The molecule has 8 nitrogen and oxygen atoms in total. The number of aryl methyl sites for hydroxylation is 3. The Labute approximate surface area is 116 Å². The zero-order valence-corrected chi connectivity index (χ0v) is 12.2. The van der Waals surface area contributed by atoms with E-state index in [0.29, 0.717) is 22.7 Å². The van der Waals surface area contributed by atoms with Crippen molar-refractivity contribution in [2.75, 3.05) is 0 Å². The lowest BCUT2D eigenvalue weighted by atomic mass is 10.2. The van der Waals surface area contributed by atoms with Crippen LogP contribution in [-0.2, 0) is 23.2 Å². The number of H-pyrrole nitrogens is 1. The highest BCUT2D eigenvalue weighted by atomic mass is 32.2. The molecule has 0 aliphatic rings. The maximum atomic E-state index is 12.2. The van der Waals surface area contributed by atoms with E-state index in [1.54, 1.807) is 20.8 Å². The van der Waals surface area contributed by atoms with Crippen LogP contribution < -0.4 is 4.72 Å². The Morgan fingerprint density at radius 3 is 2.55 bits per heavy atom. The maximum absolute atomic E-state index is 12.2. The average molecular weight is 300 g/mol. The number of aliphatic hydroxyl groups is 1. The topological polar surface area (TPSA) is 121 Å². The molecule has 0 aliphatic heterocycles. The first kappa shape index (κ1) is 14.7. The fourth-order valence-corrected chi connectivity index (χ4v) is 3.01. The highest BCUT2D eigenvalue weighted by molar-refractivity contribution is 7.89. The van der Waals surface area contributed by atoms with E-state index in [2.05, 4.69) is 20.1 Å². The molecule has 2 rings (SSSR count). The molecule has 0 aromatic carbocycles.